The molecule has 1 aliphatic rings. The van der Waals surface area contributed by atoms with Crippen LogP contribution in [0.1, 0.15) is 36.0 Å². The highest BCUT2D eigenvalue weighted by Crippen LogP contribution is 2.21. The first-order valence-electron chi connectivity index (χ1n) is 8.13. The molecular formula is C18H19FN2O3S. The Hall–Kier alpha value is -2.25. The zero-order chi connectivity index (χ0) is 17.9. The van der Waals surface area contributed by atoms with E-state index >= 15 is 0 Å². The highest BCUT2D eigenvalue weighted by Gasteiger charge is 2.23. The van der Waals surface area contributed by atoms with Crippen molar-refractivity contribution < 1.29 is 17.6 Å². The van der Waals surface area contributed by atoms with E-state index < -0.39 is 21.7 Å². The molecule has 0 spiro atoms. The van der Waals surface area contributed by atoms with E-state index in [-0.39, 0.29) is 10.9 Å². The molecule has 1 amide bonds. The topological polar surface area (TPSA) is 75.3 Å². The molecule has 0 heterocycles. The fraction of sp³-hybridized carbons (Fsp3) is 0.278. The quantitative estimate of drug-likeness (QED) is 0.857. The van der Waals surface area contributed by atoms with Crippen LogP contribution in [0.2, 0.25) is 0 Å². The lowest BCUT2D eigenvalue weighted by atomic mass is 10.2. The number of amides is 1. The Bertz CT molecular complexity index is 860. The molecule has 7 heteroatoms. The van der Waals surface area contributed by atoms with Gasteiger partial charge in [-0.15, -0.1) is 0 Å². The van der Waals surface area contributed by atoms with Crippen molar-refractivity contribution in [3.63, 3.8) is 0 Å². The number of hydrogen-bond donors (Lipinski definition) is 2. The summed E-state index contributed by atoms with van der Waals surface area (Å²) in [6, 6.07) is 11.2. The lowest BCUT2D eigenvalue weighted by Gasteiger charge is -2.13. The van der Waals surface area contributed by atoms with E-state index in [1.807, 2.05) is 0 Å². The first-order valence-corrected chi connectivity index (χ1v) is 9.62. The van der Waals surface area contributed by atoms with Crippen LogP contribution < -0.4 is 10.0 Å². The van der Waals surface area contributed by atoms with E-state index in [4.69, 9.17) is 0 Å². The molecule has 0 unspecified atom stereocenters. The van der Waals surface area contributed by atoms with Gasteiger partial charge in [0.25, 0.3) is 5.91 Å². The molecule has 0 radical (unpaired) electrons. The first kappa shape index (κ1) is 17.6. The summed E-state index contributed by atoms with van der Waals surface area (Å²) in [6.07, 6.45) is 3.78. The van der Waals surface area contributed by atoms with Crippen LogP contribution in [0.15, 0.2) is 53.4 Å². The molecule has 1 saturated carbocycles. The predicted octanol–water partition coefficient (Wildman–Crippen LogP) is 3.30. The summed E-state index contributed by atoms with van der Waals surface area (Å²) >= 11 is 0. The first-order chi connectivity index (χ1) is 11.9. The third-order valence-corrected chi connectivity index (χ3v) is 5.72. The molecule has 2 aromatic rings. The molecule has 2 N–H and O–H groups in total. The summed E-state index contributed by atoms with van der Waals surface area (Å²) in [5.74, 6) is -0.879. The highest BCUT2D eigenvalue weighted by atomic mass is 32.2. The normalized spacial score (nSPS) is 15.2. The monoisotopic (exact) mass is 362 g/mol. The standard InChI is InChI=1S/C18H19FN2O3S/c19-14-4-3-7-16(12-14)20-18(22)13-8-10-17(11-9-13)25(23,24)21-15-5-1-2-6-15/h3-4,7-12,15,21H,1-2,5-6H2,(H,20,22). The molecule has 0 aliphatic heterocycles. The number of anilines is 1. The van der Waals surface area contributed by atoms with Crippen molar-refractivity contribution in [1.82, 2.24) is 4.72 Å². The maximum atomic E-state index is 13.1. The second-order valence-corrected chi connectivity index (χ2v) is 7.81. The van der Waals surface area contributed by atoms with E-state index in [0.717, 1.165) is 25.7 Å². The van der Waals surface area contributed by atoms with Gasteiger partial charge in [-0.1, -0.05) is 18.9 Å². The molecule has 25 heavy (non-hydrogen) atoms. The van der Waals surface area contributed by atoms with Crippen molar-refractivity contribution in [1.29, 1.82) is 0 Å². The molecule has 0 aromatic heterocycles. The average Bonchev–Trinajstić information content (AvgIpc) is 3.07. The number of halogens is 1. The summed E-state index contributed by atoms with van der Waals surface area (Å²) < 4.78 is 40.5. The third kappa shape index (κ3) is 4.43. The van der Waals surface area contributed by atoms with E-state index in [9.17, 15) is 17.6 Å². The van der Waals surface area contributed by atoms with E-state index in [1.54, 1.807) is 6.07 Å². The van der Waals surface area contributed by atoms with Crippen LogP contribution in [0.5, 0.6) is 0 Å². The van der Waals surface area contributed by atoms with Gasteiger partial charge in [-0.25, -0.2) is 17.5 Å². The van der Waals surface area contributed by atoms with E-state index in [1.165, 1.54) is 42.5 Å². The minimum Gasteiger partial charge on any atom is -0.322 e. The molecule has 2 aromatic carbocycles. The number of carbonyl (C=O) groups is 1. The second kappa shape index (κ2) is 7.33. The Balaban J connectivity index is 1.69. The fourth-order valence-electron chi connectivity index (χ4n) is 2.89. The van der Waals surface area contributed by atoms with E-state index in [2.05, 4.69) is 10.0 Å². The number of nitrogens with one attached hydrogen (secondary N) is 2. The van der Waals surface area contributed by atoms with Crippen LogP contribution in [-0.4, -0.2) is 20.4 Å². The summed E-state index contributed by atoms with van der Waals surface area (Å²) in [6.45, 7) is 0. The lowest BCUT2D eigenvalue weighted by molar-refractivity contribution is 0.102. The van der Waals surface area contributed by atoms with Crippen LogP contribution in [-0.2, 0) is 10.0 Å². The fourth-order valence-corrected chi connectivity index (χ4v) is 4.19. The smallest absolute Gasteiger partial charge is 0.255 e. The van der Waals surface area contributed by atoms with Crippen LogP contribution in [0, 0.1) is 5.82 Å². The van der Waals surface area contributed by atoms with Gasteiger partial charge in [0.15, 0.2) is 0 Å². The Morgan fingerprint density at radius 2 is 1.72 bits per heavy atom. The summed E-state index contributed by atoms with van der Waals surface area (Å²) in [5.41, 5.74) is 0.633. The molecule has 132 valence electrons. The van der Waals surface area contributed by atoms with E-state index in [0.29, 0.717) is 11.3 Å². The molecule has 0 atom stereocenters. The van der Waals surface area contributed by atoms with Crippen molar-refractivity contribution in [2.75, 3.05) is 5.32 Å². The minimum absolute atomic E-state index is 0.0130. The van der Waals surface area contributed by atoms with Crippen molar-refractivity contribution in [3.8, 4) is 0 Å². The Morgan fingerprint density at radius 3 is 2.36 bits per heavy atom. The number of carbonyl (C=O) groups excluding carboxylic acids is 1. The number of benzene rings is 2. The van der Waals surface area contributed by atoms with Crippen molar-refractivity contribution in [2.45, 2.75) is 36.6 Å². The summed E-state index contributed by atoms with van der Waals surface area (Å²) in [7, 11) is -3.58. The van der Waals surface area contributed by atoms with Gasteiger partial charge >= 0.3 is 0 Å². The van der Waals surface area contributed by atoms with Crippen molar-refractivity contribution in [2.24, 2.45) is 0 Å². The van der Waals surface area contributed by atoms with Crippen molar-refractivity contribution in [3.05, 3.63) is 59.9 Å². The maximum Gasteiger partial charge on any atom is 0.255 e. The molecule has 0 bridgehead atoms. The van der Waals surface area contributed by atoms with Gasteiger partial charge in [0, 0.05) is 17.3 Å². The van der Waals surface area contributed by atoms with Crippen molar-refractivity contribution >= 4 is 21.6 Å². The predicted molar refractivity (Wildman–Crippen MR) is 93.4 cm³/mol. The molecule has 1 fully saturated rings. The van der Waals surface area contributed by atoms with Gasteiger partial charge in [-0.05, 0) is 55.3 Å². The molecule has 3 rings (SSSR count). The number of rotatable bonds is 5. The van der Waals surface area contributed by atoms with Gasteiger partial charge < -0.3 is 5.32 Å². The van der Waals surface area contributed by atoms with Gasteiger partial charge in [0.05, 0.1) is 4.90 Å². The molecular weight excluding hydrogens is 343 g/mol. The Kier molecular flexibility index (Phi) is 5.15. The lowest BCUT2D eigenvalue weighted by Crippen LogP contribution is -2.32. The SMILES string of the molecule is O=C(Nc1cccc(F)c1)c1ccc(S(=O)(=O)NC2CCCC2)cc1. The highest BCUT2D eigenvalue weighted by molar-refractivity contribution is 7.89. The van der Waals surface area contributed by atoms with Crippen LogP contribution in [0.3, 0.4) is 0 Å². The zero-order valence-corrected chi connectivity index (χ0v) is 14.4. The van der Waals surface area contributed by atoms with Gasteiger partial charge in [-0.3, -0.25) is 4.79 Å². The second-order valence-electron chi connectivity index (χ2n) is 6.09. The van der Waals surface area contributed by atoms with Gasteiger partial charge in [0.2, 0.25) is 10.0 Å². The van der Waals surface area contributed by atoms with Gasteiger partial charge in [-0.2, -0.15) is 0 Å². The number of hydrogen-bond acceptors (Lipinski definition) is 3. The molecule has 1 aliphatic carbocycles. The minimum atomic E-state index is -3.58. The zero-order valence-electron chi connectivity index (χ0n) is 13.5. The van der Waals surface area contributed by atoms with Crippen LogP contribution in [0.25, 0.3) is 0 Å². The molecule has 5 nitrogen and oxygen atoms in total. The van der Waals surface area contributed by atoms with Crippen LogP contribution >= 0.6 is 0 Å². The largest absolute Gasteiger partial charge is 0.322 e. The Labute approximate surface area is 146 Å². The third-order valence-electron chi connectivity index (χ3n) is 4.19. The summed E-state index contributed by atoms with van der Waals surface area (Å²) in [5, 5.41) is 2.57. The molecule has 0 saturated heterocycles. The summed E-state index contributed by atoms with van der Waals surface area (Å²) in [4.78, 5) is 12.3. The van der Waals surface area contributed by atoms with Gasteiger partial charge in [0.1, 0.15) is 5.82 Å². The van der Waals surface area contributed by atoms with Crippen LogP contribution in [0.4, 0.5) is 10.1 Å². The Morgan fingerprint density at radius 1 is 1.04 bits per heavy atom. The average molecular weight is 362 g/mol. The number of sulfonamides is 1. The maximum absolute atomic E-state index is 13.1.